The van der Waals surface area contributed by atoms with Crippen molar-refractivity contribution in [1.82, 2.24) is 76.1 Å². The number of amides is 2. The Balaban J connectivity index is 0.000000178. The van der Waals surface area contributed by atoms with Crippen molar-refractivity contribution < 1.29 is 36.9 Å². The van der Waals surface area contributed by atoms with Gasteiger partial charge >= 0.3 is 7.48 Å². The number of pyridine rings is 3. The van der Waals surface area contributed by atoms with Crippen molar-refractivity contribution in [3.8, 4) is 23.3 Å². The Morgan fingerprint density at radius 3 is 1.52 bits per heavy atom. The fourth-order valence-electron chi connectivity index (χ4n) is 9.19. The maximum Gasteiger partial charge on any atom is 0.330 e. The predicted octanol–water partition coefficient (Wildman–Crippen LogP) is 11.3. The number of nitrogens with zero attached hydrogens (tertiary/aromatic N) is 12. The van der Waals surface area contributed by atoms with Crippen LogP contribution in [-0.2, 0) is 17.7 Å². The summed E-state index contributed by atoms with van der Waals surface area (Å²) in [7, 11) is 5.21. The summed E-state index contributed by atoms with van der Waals surface area (Å²) in [6.07, 6.45) is 7.70. The van der Waals surface area contributed by atoms with Crippen LogP contribution < -0.4 is 43.1 Å². The smallest absolute Gasteiger partial charge is 0.330 e. The zero-order valence-electron chi connectivity index (χ0n) is 55.2. The molecule has 4 aromatic carbocycles. The average molecular weight is 1500 g/mol. The summed E-state index contributed by atoms with van der Waals surface area (Å²) >= 11 is 6.64. The van der Waals surface area contributed by atoms with E-state index in [1.54, 1.807) is 74.7 Å². The van der Waals surface area contributed by atoms with E-state index in [0.29, 0.717) is 47.1 Å². The summed E-state index contributed by atoms with van der Waals surface area (Å²) in [6.45, 7) is 10.8. The number of nitriles is 2. The van der Waals surface area contributed by atoms with Gasteiger partial charge in [0.15, 0.2) is 86.3 Å². The largest absolute Gasteiger partial charge is 0.427 e. The molecular formula is C68H64BBr2F4N22O4. The van der Waals surface area contributed by atoms with Crippen LogP contribution in [0.25, 0.3) is 44.2 Å². The fraction of sp³-hybridized carbons (Fsp3) is 0.206. The Kier molecular flexibility index (Phi) is 24.0. The molecule has 0 aliphatic heterocycles. The Morgan fingerprint density at radius 1 is 0.584 bits per heavy atom. The molecule has 0 saturated heterocycles. The summed E-state index contributed by atoms with van der Waals surface area (Å²) in [5, 5.41) is 69.4. The minimum atomic E-state index is -1.04. The maximum atomic E-state index is 13.7. The minimum absolute atomic E-state index is 0.0369. The summed E-state index contributed by atoms with van der Waals surface area (Å²) < 4.78 is 61.5. The third-order valence-electron chi connectivity index (χ3n) is 15.6. The van der Waals surface area contributed by atoms with Gasteiger partial charge in [-0.1, -0.05) is 66.1 Å². The van der Waals surface area contributed by atoms with E-state index in [1.165, 1.54) is 24.5 Å². The highest BCUT2D eigenvalue weighted by Gasteiger charge is 2.36. The van der Waals surface area contributed by atoms with Crippen molar-refractivity contribution in [1.29, 1.82) is 10.5 Å². The molecule has 2 atom stereocenters. The summed E-state index contributed by atoms with van der Waals surface area (Å²) in [4.78, 5) is 55.2. The molecule has 12 N–H and O–H groups in total. The first-order valence-electron chi connectivity index (χ1n) is 30.6. The Morgan fingerprint density at radius 2 is 1.05 bits per heavy atom. The third kappa shape index (κ3) is 18.8. The number of aromatic amines is 3. The van der Waals surface area contributed by atoms with E-state index in [4.69, 9.17) is 10.4 Å². The van der Waals surface area contributed by atoms with E-state index in [1.807, 2.05) is 85.9 Å². The predicted molar refractivity (Wildman–Crippen MR) is 382 cm³/mol. The molecule has 0 saturated carbocycles. The molecule has 0 fully saturated rings. The van der Waals surface area contributed by atoms with Gasteiger partial charge < -0.3 is 47.4 Å². The van der Waals surface area contributed by atoms with Gasteiger partial charge in [0.05, 0.1) is 51.8 Å². The van der Waals surface area contributed by atoms with Crippen molar-refractivity contribution in [3.63, 3.8) is 0 Å². The van der Waals surface area contributed by atoms with Gasteiger partial charge in [0.1, 0.15) is 18.0 Å². The Bertz CT molecular complexity index is 5030. The first-order valence-corrected chi connectivity index (χ1v) is 32.2. The molecule has 8 heterocycles. The van der Waals surface area contributed by atoms with E-state index in [-0.39, 0.29) is 34.4 Å². The highest BCUT2D eigenvalue weighted by molar-refractivity contribution is 9.10. The number of carbonyl (C=O) groups is 2. The number of H-pyrrole nitrogens is 3. The number of fused-ring (bicyclic) bond motifs is 3. The van der Waals surface area contributed by atoms with E-state index in [2.05, 4.69) is 129 Å². The van der Waals surface area contributed by atoms with E-state index < -0.39 is 58.4 Å². The van der Waals surface area contributed by atoms with Gasteiger partial charge in [0.2, 0.25) is 0 Å². The first-order chi connectivity index (χ1) is 48.2. The summed E-state index contributed by atoms with van der Waals surface area (Å²) in [6, 6.07) is 30.2. The average Bonchev–Trinajstić information content (AvgIpc) is 1.75. The molecule has 1 radical (unpaired) electrons. The van der Waals surface area contributed by atoms with Crippen molar-refractivity contribution in [2.45, 2.75) is 77.9 Å². The van der Waals surface area contributed by atoms with Gasteiger partial charge in [-0.15, -0.1) is 0 Å². The Labute approximate surface area is 592 Å². The van der Waals surface area contributed by atoms with E-state index in [0.717, 1.165) is 88.6 Å². The molecule has 26 nitrogen and oxygen atoms in total. The number of nitrogens with two attached hydrogens (primary N) is 1. The van der Waals surface area contributed by atoms with Crippen LogP contribution in [0.4, 0.5) is 46.7 Å². The zero-order valence-corrected chi connectivity index (χ0v) is 58.4. The SMILES string of the molecule is CNc1n[nH]c2ncc(-c3ccc(CNc4ncc(C#N)nc4C(=O)N[C@@H](C)c4ccc(F)c(F)c4)cc3)cc12.CNc1n[nH]c2ncc(Br)cc12.C[C@H](NC(=O)c1nc(C#N)cnc1NCc1ccc([B]OC(C)(C)C(C)(C)O)cc1)c1ccc(F)c(F)c1.Nc1[nH]nc2ncc(Br)cc12. The number of halogens is 6. The number of rotatable bonds is 19. The van der Waals surface area contributed by atoms with Crippen LogP contribution in [0.2, 0.25) is 0 Å². The number of aromatic nitrogens is 13. The normalized spacial score (nSPS) is 11.7. The second kappa shape index (κ2) is 32.9. The molecule has 0 unspecified atom stereocenters. The lowest BCUT2D eigenvalue weighted by atomic mass is 9.82. The van der Waals surface area contributed by atoms with Gasteiger partial charge in [-0.2, -0.15) is 25.8 Å². The van der Waals surface area contributed by atoms with Gasteiger partial charge in [-0.25, -0.2) is 52.4 Å². The molecule has 0 aliphatic carbocycles. The maximum absolute atomic E-state index is 13.7. The Hall–Kier alpha value is -11.5. The quantitative estimate of drug-likeness (QED) is 0.0265. The molecule has 33 heteroatoms. The number of nitrogen functional groups attached to an aromatic ring is 1. The van der Waals surface area contributed by atoms with Crippen molar-refractivity contribution in [3.05, 3.63) is 211 Å². The molecule has 0 spiro atoms. The molecule has 0 bridgehead atoms. The lowest BCUT2D eigenvalue weighted by molar-refractivity contribution is -0.0893. The van der Waals surface area contributed by atoms with Crippen LogP contribution >= 0.6 is 31.9 Å². The lowest BCUT2D eigenvalue weighted by Crippen LogP contribution is -2.49. The van der Waals surface area contributed by atoms with Crippen LogP contribution in [0.5, 0.6) is 0 Å². The molecule has 0 aliphatic rings. The number of hydrogen-bond acceptors (Lipinski definition) is 21. The number of anilines is 5. The second-order valence-electron chi connectivity index (χ2n) is 23.3. The number of benzene rings is 4. The van der Waals surface area contributed by atoms with Gasteiger partial charge in [0.25, 0.3) is 11.8 Å². The van der Waals surface area contributed by atoms with Gasteiger partial charge in [-0.3, -0.25) is 24.9 Å². The lowest BCUT2D eigenvalue weighted by Gasteiger charge is -2.37. The van der Waals surface area contributed by atoms with E-state index >= 15 is 0 Å². The molecular weight excluding hydrogens is 1440 g/mol. The third-order valence-corrected chi connectivity index (χ3v) is 16.5. The standard InChI is InChI=1S/C28H23F2N9O.C27H29BF2N5O3.C7H7BrN4.C6H5BrN4/c1-15(18-7-8-22(29)23(30)10-18)36-28(40)24-27(35-14-20(11-31)37-24)33-12-16-3-5-17(6-4-16)19-9-21-25(32-2)38-39-26(21)34-13-19;1-16(18-8-11-21(29)22(30)12-18)34-25(36)23-24(33-15-20(13-31)35-23)32-14-17-6-9-19(10-7-17)28-38-27(4,5)26(2,3)37;1-9-6-5-2-4(8)3-10-7(5)12-11-6;7-3-1-4-5(8)10-11-6(4)9-2-3/h3-10,13-15H,12H2,1-2H3,(H,33,35)(H,36,40)(H2,32,34,38,39);6-12,15-16,37H,14H2,1-5H3,(H,32,33)(H,34,36);2-3H,1H3,(H2,9,10,11,12);1-2H,(H3,8,9,10,11)/t15-;16-;;/m00../s1. The molecule has 8 aromatic heterocycles. The minimum Gasteiger partial charge on any atom is -0.427 e. The van der Waals surface area contributed by atoms with Crippen molar-refractivity contribution in [2.24, 2.45) is 0 Å². The highest BCUT2D eigenvalue weighted by Crippen LogP contribution is 2.29. The van der Waals surface area contributed by atoms with E-state index in [9.17, 15) is 42.8 Å². The van der Waals surface area contributed by atoms with Crippen LogP contribution in [0.1, 0.15) is 108 Å². The summed E-state index contributed by atoms with van der Waals surface area (Å²) in [5.41, 5.74) is 10.8. The number of hydrogen-bond donors (Lipinski definition) is 11. The van der Waals surface area contributed by atoms with Gasteiger partial charge in [0, 0.05) is 60.3 Å². The highest BCUT2D eigenvalue weighted by atomic mass is 79.9. The van der Waals surface area contributed by atoms with Crippen molar-refractivity contribution in [2.75, 3.05) is 41.1 Å². The number of carbonyl (C=O) groups excluding carboxylic acids is 2. The molecule has 12 rings (SSSR count). The van der Waals surface area contributed by atoms with Crippen LogP contribution in [-0.4, -0.2) is 115 Å². The zero-order chi connectivity index (χ0) is 72.7. The monoisotopic (exact) mass is 1500 g/mol. The second-order valence-corrected chi connectivity index (χ2v) is 25.1. The molecule has 12 aromatic rings. The molecule has 2 amide bonds. The number of nitrogens with one attached hydrogen (secondary N) is 9. The first kappa shape index (κ1) is 73.7. The van der Waals surface area contributed by atoms with Crippen LogP contribution in [0, 0.1) is 45.9 Å². The summed E-state index contributed by atoms with van der Waals surface area (Å²) in [5.74, 6) is -2.84. The molecule has 101 heavy (non-hydrogen) atoms. The number of aliphatic hydroxyl groups is 1. The van der Waals surface area contributed by atoms with Gasteiger partial charge in [-0.05, 0) is 144 Å². The van der Waals surface area contributed by atoms with Crippen LogP contribution in [0.15, 0.2) is 143 Å². The van der Waals surface area contributed by atoms with Crippen LogP contribution in [0.3, 0.4) is 0 Å². The topological polar surface area (TPSA) is 386 Å². The molecule has 515 valence electrons. The van der Waals surface area contributed by atoms with Crippen molar-refractivity contribution >= 4 is 119 Å². The fourth-order valence-corrected chi connectivity index (χ4v) is 9.86.